The van der Waals surface area contributed by atoms with Crippen molar-refractivity contribution in [3.05, 3.63) is 65.7 Å². The predicted octanol–water partition coefficient (Wildman–Crippen LogP) is 3.18. The summed E-state index contributed by atoms with van der Waals surface area (Å²) < 4.78 is 11.2. The smallest absolute Gasteiger partial charge is 0.275 e. The number of phenols is 1. The van der Waals surface area contributed by atoms with E-state index in [0.717, 1.165) is 10.8 Å². The molecule has 2 N–H and O–H groups in total. The number of aromatic hydroxyl groups is 1. The van der Waals surface area contributed by atoms with Crippen molar-refractivity contribution in [2.24, 2.45) is 5.10 Å². The molecule has 0 saturated carbocycles. The Balaban J connectivity index is 1.70. The van der Waals surface area contributed by atoms with Gasteiger partial charge in [0.25, 0.3) is 11.8 Å². The molecule has 32 heavy (non-hydrogen) atoms. The van der Waals surface area contributed by atoms with E-state index in [1.807, 2.05) is 31.2 Å². The molecule has 0 aromatic heterocycles. The SMILES string of the molecule is CCOc1cc(C=NNC(=O)c2cc3ccccc3cc2O)ccc1OCC(=O)N(C)C. The molecule has 0 unspecified atom stereocenters. The molecule has 0 radical (unpaired) electrons. The van der Waals surface area contributed by atoms with E-state index >= 15 is 0 Å². The Morgan fingerprint density at radius 1 is 1.03 bits per heavy atom. The number of hydrogen-bond acceptors (Lipinski definition) is 6. The lowest BCUT2D eigenvalue weighted by Gasteiger charge is -2.14. The third kappa shape index (κ3) is 5.54. The normalized spacial score (nSPS) is 10.8. The second-order valence-corrected chi connectivity index (χ2v) is 7.13. The molecule has 0 fully saturated rings. The molecule has 8 heteroatoms. The summed E-state index contributed by atoms with van der Waals surface area (Å²) in [5.41, 5.74) is 3.20. The third-order valence-electron chi connectivity index (χ3n) is 4.61. The number of benzene rings is 3. The quantitative estimate of drug-likeness (QED) is 0.418. The van der Waals surface area contributed by atoms with Gasteiger partial charge < -0.3 is 19.5 Å². The summed E-state index contributed by atoms with van der Waals surface area (Å²) in [6.07, 6.45) is 1.45. The average Bonchev–Trinajstić information content (AvgIpc) is 2.77. The highest BCUT2D eigenvalue weighted by atomic mass is 16.5. The lowest BCUT2D eigenvalue weighted by molar-refractivity contribution is -0.130. The summed E-state index contributed by atoms with van der Waals surface area (Å²) in [6.45, 7) is 2.15. The number of carbonyl (C=O) groups excluding carboxylic acids is 2. The summed E-state index contributed by atoms with van der Waals surface area (Å²) in [6, 6.07) is 15.7. The minimum Gasteiger partial charge on any atom is -0.507 e. The predicted molar refractivity (Wildman–Crippen MR) is 122 cm³/mol. The number of carbonyl (C=O) groups is 2. The molecule has 0 spiro atoms. The minimum absolute atomic E-state index is 0.105. The number of amides is 2. The van der Waals surface area contributed by atoms with Crippen LogP contribution in [0.25, 0.3) is 10.8 Å². The molecule has 8 nitrogen and oxygen atoms in total. The van der Waals surface area contributed by atoms with Crippen LogP contribution in [0, 0.1) is 0 Å². The van der Waals surface area contributed by atoms with Crippen LogP contribution >= 0.6 is 0 Å². The molecule has 0 aliphatic carbocycles. The highest BCUT2D eigenvalue weighted by Gasteiger charge is 2.12. The molecule has 0 heterocycles. The second kappa shape index (κ2) is 10.3. The molecule has 0 aliphatic rings. The number of rotatable bonds is 8. The number of nitrogens with zero attached hydrogens (tertiary/aromatic N) is 2. The largest absolute Gasteiger partial charge is 0.507 e. The lowest BCUT2D eigenvalue weighted by Crippen LogP contribution is -2.27. The Kier molecular flexibility index (Phi) is 7.28. The molecule has 3 aromatic carbocycles. The van der Waals surface area contributed by atoms with E-state index in [1.54, 1.807) is 44.4 Å². The third-order valence-corrected chi connectivity index (χ3v) is 4.61. The van der Waals surface area contributed by atoms with E-state index in [1.165, 1.54) is 11.1 Å². The van der Waals surface area contributed by atoms with Gasteiger partial charge in [-0.3, -0.25) is 9.59 Å². The molecule has 0 aliphatic heterocycles. The monoisotopic (exact) mass is 435 g/mol. The number of nitrogens with one attached hydrogen (secondary N) is 1. The van der Waals surface area contributed by atoms with Gasteiger partial charge in [-0.05, 0) is 53.6 Å². The van der Waals surface area contributed by atoms with Gasteiger partial charge in [0.15, 0.2) is 18.1 Å². The number of hydrogen-bond donors (Lipinski definition) is 2. The zero-order valence-corrected chi connectivity index (χ0v) is 18.2. The van der Waals surface area contributed by atoms with E-state index in [0.29, 0.717) is 23.7 Å². The molecule has 3 aromatic rings. The topological polar surface area (TPSA) is 100 Å². The maximum Gasteiger partial charge on any atom is 0.275 e. The summed E-state index contributed by atoms with van der Waals surface area (Å²) in [7, 11) is 3.31. The lowest BCUT2D eigenvalue weighted by atomic mass is 10.1. The van der Waals surface area contributed by atoms with E-state index < -0.39 is 5.91 Å². The first-order valence-electron chi connectivity index (χ1n) is 10.0. The van der Waals surface area contributed by atoms with E-state index in [9.17, 15) is 14.7 Å². The fourth-order valence-electron chi connectivity index (χ4n) is 2.90. The van der Waals surface area contributed by atoms with Gasteiger partial charge in [-0.1, -0.05) is 24.3 Å². The van der Waals surface area contributed by atoms with Crippen LogP contribution in [-0.4, -0.2) is 55.3 Å². The Hall–Kier alpha value is -4.07. The molecule has 0 saturated heterocycles. The van der Waals surface area contributed by atoms with Gasteiger partial charge in [0.2, 0.25) is 0 Å². The maximum atomic E-state index is 12.5. The van der Waals surface area contributed by atoms with Crippen molar-refractivity contribution >= 4 is 28.8 Å². The Bertz CT molecular complexity index is 1160. The van der Waals surface area contributed by atoms with Crippen LogP contribution < -0.4 is 14.9 Å². The van der Waals surface area contributed by atoms with Crippen molar-refractivity contribution in [2.75, 3.05) is 27.3 Å². The van der Waals surface area contributed by atoms with E-state index in [2.05, 4.69) is 10.5 Å². The molecular formula is C24H25N3O5. The van der Waals surface area contributed by atoms with Crippen LogP contribution in [0.2, 0.25) is 0 Å². The van der Waals surface area contributed by atoms with Crippen LogP contribution in [0.4, 0.5) is 0 Å². The fraction of sp³-hybridized carbons (Fsp3) is 0.208. The van der Waals surface area contributed by atoms with Crippen LogP contribution in [-0.2, 0) is 4.79 Å². The fourth-order valence-corrected chi connectivity index (χ4v) is 2.90. The summed E-state index contributed by atoms with van der Waals surface area (Å²) in [5, 5.41) is 15.8. The first-order chi connectivity index (χ1) is 15.4. The van der Waals surface area contributed by atoms with Crippen LogP contribution in [0.1, 0.15) is 22.8 Å². The van der Waals surface area contributed by atoms with E-state index in [4.69, 9.17) is 9.47 Å². The van der Waals surface area contributed by atoms with Crippen molar-refractivity contribution in [2.45, 2.75) is 6.92 Å². The van der Waals surface area contributed by atoms with Gasteiger partial charge in [0.1, 0.15) is 5.75 Å². The summed E-state index contributed by atoms with van der Waals surface area (Å²) in [4.78, 5) is 25.7. The summed E-state index contributed by atoms with van der Waals surface area (Å²) >= 11 is 0. The molecule has 2 amide bonds. The number of likely N-dealkylation sites (N-methyl/N-ethyl adjacent to an activating group) is 1. The highest BCUT2D eigenvalue weighted by Crippen LogP contribution is 2.28. The Morgan fingerprint density at radius 2 is 1.75 bits per heavy atom. The number of hydrazone groups is 1. The first kappa shape index (κ1) is 22.6. The summed E-state index contributed by atoms with van der Waals surface area (Å²) in [5.74, 6) is 0.0732. The number of fused-ring (bicyclic) bond motifs is 1. The number of ether oxygens (including phenoxy) is 2. The zero-order chi connectivity index (χ0) is 23.1. The number of phenolic OH excluding ortho intramolecular Hbond substituents is 1. The van der Waals surface area contributed by atoms with Crippen LogP contribution in [0.5, 0.6) is 17.2 Å². The molecular weight excluding hydrogens is 410 g/mol. The molecule has 0 bridgehead atoms. The van der Waals surface area contributed by atoms with E-state index in [-0.39, 0.29) is 23.8 Å². The standard InChI is InChI=1S/C24H25N3O5/c1-4-31-22-11-16(9-10-21(22)32-15-23(29)27(2)3)14-25-26-24(30)19-12-17-7-5-6-8-18(17)13-20(19)28/h5-14,28H,4,15H2,1-3H3,(H,26,30). The second-order valence-electron chi connectivity index (χ2n) is 7.13. The van der Waals surface area contributed by atoms with Gasteiger partial charge in [0, 0.05) is 14.1 Å². The first-order valence-corrected chi connectivity index (χ1v) is 10.0. The average molecular weight is 435 g/mol. The highest BCUT2D eigenvalue weighted by molar-refractivity contribution is 6.01. The van der Waals surface area contributed by atoms with Crippen molar-refractivity contribution in [1.29, 1.82) is 0 Å². The molecule has 0 atom stereocenters. The molecule has 3 rings (SSSR count). The van der Waals surface area contributed by atoms with Crippen LogP contribution in [0.15, 0.2) is 59.7 Å². The van der Waals surface area contributed by atoms with Gasteiger partial charge in [-0.25, -0.2) is 5.43 Å². The van der Waals surface area contributed by atoms with Gasteiger partial charge >= 0.3 is 0 Å². The van der Waals surface area contributed by atoms with Gasteiger partial charge in [0.05, 0.1) is 18.4 Å². The van der Waals surface area contributed by atoms with Crippen LogP contribution in [0.3, 0.4) is 0 Å². The van der Waals surface area contributed by atoms with Crippen molar-refractivity contribution < 1.29 is 24.2 Å². The van der Waals surface area contributed by atoms with Crippen molar-refractivity contribution in [3.8, 4) is 17.2 Å². The van der Waals surface area contributed by atoms with Gasteiger partial charge in [-0.2, -0.15) is 5.10 Å². The Labute approximate surface area is 186 Å². The zero-order valence-electron chi connectivity index (χ0n) is 18.2. The molecule has 166 valence electrons. The minimum atomic E-state index is -0.531. The maximum absolute atomic E-state index is 12.5. The van der Waals surface area contributed by atoms with Crippen molar-refractivity contribution in [1.82, 2.24) is 10.3 Å². The van der Waals surface area contributed by atoms with Crippen molar-refractivity contribution in [3.63, 3.8) is 0 Å². The Morgan fingerprint density at radius 3 is 2.44 bits per heavy atom. The van der Waals surface area contributed by atoms with Gasteiger partial charge in [-0.15, -0.1) is 0 Å².